The van der Waals surface area contributed by atoms with E-state index < -0.39 is 10.0 Å². The summed E-state index contributed by atoms with van der Waals surface area (Å²) in [6.45, 7) is 2.31. The van der Waals surface area contributed by atoms with Gasteiger partial charge in [-0.1, -0.05) is 16.8 Å². The molecule has 0 spiro atoms. The predicted octanol–water partition coefficient (Wildman–Crippen LogP) is 3.22. The Kier molecular flexibility index (Phi) is 3.62. The first-order chi connectivity index (χ1) is 9.48. The van der Waals surface area contributed by atoms with Crippen molar-refractivity contribution in [1.29, 1.82) is 0 Å². The maximum absolute atomic E-state index is 12.7. The lowest BCUT2D eigenvalue weighted by Crippen LogP contribution is -2.30. The van der Waals surface area contributed by atoms with Gasteiger partial charge in [0.15, 0.2) is 5.76 Å². The van der Waals surface area contributed by atoms with Crippen molar-refractivity contribution in [2.75, 3.05) is 6.54 Å². The summed E-state index contributed by atoms with van der Waals surface area (Å²) in [6.07, 6.45) is 1.55. The van der Waals surface area contributed by atoms with Gasteiger partial charge in [-0.25, -0.2) is 8.42 Å². The van der Waals surface area contributed by atoms with Crippen molar-refractivity contribution in [1.82, 2.24) is 9.46 Å². The van der Waals surface area contributed by atoms with E-state index in [1.54, 1.807) is 18.2 Å². The molecule has 2 aromatic heterocycles. The van der Waals surface area contributed by atoms with Crippen LogP contribution in [0, 0.1) is 6.92 Å². The van der Waals surface area contributed by atoms with Crippen LogP contribution in [0.4, 0.5) is 0 Å². The molecule has 0 radical (unpaired) electrons. The predicted molar refractivity (Wildman–Crippen MR) is 76.4 cm³/mol. The van der Waals surface area contributed by atoms with E-state index in [0.717, 1.165) is 29.9 Å². The Balaban J connectivity index is 1.96. The first-order valence-corrected chi connectivity index (χ1v) is 8.82. The fraction of sp³-hybridized carbons (Fsp3) is 0.417. The fourth-order valence-corrected chi connectivity index (χ4v) is 5.68. The third-order valence-corrected chi connectivity index (χ3v) is 6.90. The number of aromatic nitrogens is 1. The molecule has 3 rings (SSSR count). The van der Waals surface area contributed by atoms with Gasteiger partial charge < -0.3 is 4.52 Å². The SMILES string of the molecule is Cc1cc(C2CCCN2S(=O)(=O)c2ccc(Cl)s2)on1. The van der Waals surface area contributed by atoms with E-state index in [2.05, 4.69) is 5.16 Å². The average molecular weight is 333 g/mol. The van der Waals surface area contributed by atoms with Gasteiger partial charge in [0.1, 0.15) is 4.21 Å². The molecule has 1 aliphatic rings. The zero-order chi connectivity index (χ0) is 14.3. The molecular formula is C12H13ClN2O3S2. The van der Waals surface area contributed by atoms with Crippen LogP contribution in [0.1, 0.15) is 30.3 Å². The monoisotopic (exact) mass is 332 g/mol. The Morgan fingerprint density at radius 2 is 2.30 bits per heavy atom. The quantitative estimate of drug-likeness (QED) is 0.865. The van der Waals surface area contributed by atoms with Crippen molar-refractivity contribution in [3.63, 3.8) is 0 Å². The maximum atomic E-state index is 12.7. The maximum Gasteiger partial charge on any atom is 0.253 e. The largest absolute Gasteiger partial charge is 0.359 e. The average Bonchev–Trinajstić information content (AvgIpc) is 3.07. The minimum atomic E-state index is -3.53. The summed E-state index contributed by atoms with van der Waals surface area (Å²) in [4.78, 5) is 0. The highest BCUT2D eigenvalue weighted by molar-refractivity contribution is 7.91. The summed E-state index contributed by atoms with van der Waals surface area (Å²) in [6, 6.07) is 4.66. The van der Waals surface area contributed by atoms with Gasteiger partial charge in [-0.2, -0.15) is 4.31 Å². The van der Waals surface area contributed by atoms with Gasteiger partial charge in [0, 0.05) is 12.6 Å². The molecule has 2 aromatic rings. The first kappa shape index (κ1) is 14.1. The zero-order valence-corrected chi connectivity index (χ0v) is 13.1. The number of nitrogens with zero attached hydrogens (tertiary/aromatic N) is 2. The van der Waals surface area contributed by atoms with Crippen molar-refractivity contribution in [2.24, 2.45) is 0 Å². The van der Waals surface area contributed by atoms with Crippen molar-refractivity contribution in [3.05, 3.63) is 34.0 Å². The topological polar surface area (TPSA) is 63.4 Å². The van der Waals surface area contributed by atoms with Gasteiger partial charge >= 0.3 is 0 Å². The standard InChI is InChI=1S/C12H13ClN2O3S2/c1-8-7-10(18-14-8)9-3-2-6-15(9)20(16,17)12-5-4-11(13)19-12/h4-5,7,9H,2-3,6H2,1H3. The lowest BCUT2D eigenvalue weighted by molar-refractivity contribution is 0.297. The number of aryl methyl sites for hydroxylation is 1. The molecule has 0 N–H and O–H groups in total. The molecule has 1 saturated heterocycles. The third-order valence-electron chi connectivity index (χ3n) is 3.29. The zero-order valence-electron chi connectivity index (χ0n) is 10.7. The summed E-state index contributed by atoms with van der Waals surface area (Å²) in [7, 11) is -3.53. The molecule has 1 fully saturated rings. The van der Waals surface area contributed by atoms with Gasteiger partial charge in [-0.05, 0) is 31.9 Å². The van der Waals surface area contributed by atoms with Crippen LogP contribution in [0.15, 0.2) is 26.9 Å². The van der Waals surface area contributed by atoms with Crippen molar-refractivity contribution >= 4 is 33.0 Å². The minimum absolute atomic E-state index is 0.269. The van der Waals surface area contributed by atoms with Gasteiger partial charge in [0.05, 0.1) is 16.1 Å². The van der Waals surface area contributed by atoms with Crippen LogP contribution in [0.2, 0.25) is 4.34 Å². The lowest BCUT2D eigenvalue weighted by atomic mass is 10.2. The van der Waals surface area contributed by atoms with E-state index >= 15 is 0 Å². The van der Waals surface area contributed by atoms with Gasteiger partial charge in [0.2, 0.25) is 0 Å². The Morgan fingerprint density at radius 1 is 1.50 bits per heavy atom. The number of thiophene rings is 1. The number of hydrogen-bond donors (Lipinski definition) is 0. The molecular weight excluding hydrogens is 320 g/mol. The van der Waals surface area contributed by atoms with Crippen LogP contribution in [0.25, 0.3) is 0 Å². The molecule has 1 atom stereocenters. The lowest BCUT2D eigenvalue weighted by Gasteiger charge is -2.21. The molecule has 1 aliphatic heterocycles. The Morgan fingerprint density at radius 3 is 2.90 bits per heavy atom. The summed E-state index contributed by atoms with van der Waals surface area (Å²) < 4.78 is 32.8. The Bertz CT molecular complexity index is 723. The van der Waals surface area contributed by atoms with E-state index in [9.17, 15) is 8.42 Å². The smallest absolute Gasteiger partial charge is 0.253 e. The fourth-order valence-electron chi connectivity index (χ4n) is 2.40. The number of halogens is 1. The summed E-state index contributed by atoms with van der Waals surface area (Å²) in [5.41, 5.74) is 0.753. The van der Waals surface area contributed by atoms with E-state index in [0.29, 0.717) is 16.6 Å². The van der Waals surface area contributed by atoms with Crippen LogP contribution < -0.4 is 0 Å². The van der Waals surface area contributed by atoms with Crippen molar-refractivity contribution in [3.8, 4) is 0 Å². The molecule has 108 valence electrons. The summed E-state index contributed by atoms with van der Waals surface area (Å²) in [5.74, 6) is 0.603. The molecule has 8 heteroatoms. The highest BCUT2D eigenvalue weighted by atomic mass is 35.5. The second-order valence-corrected chi connectivity index (χ2v) is 8.54. The van der Waals surface area contributed by atoms with Crippen LogP contribution in [0.5, 0.6) is 0 Å². The molecule has 0 aliphatic carbocycles. The molecule has 5 nitrogen and oxygen atoms in total. The molecule has 0 bridgehead atoms. The minimum Gasteiger partial charge on any atom is -0.359 e. The van der Waals surface area contributed by atoms with E-state index in [1.165, 1.54) is 4.31 Å². The van der Waals surface area contributed by atoms with Crippen LogP contribution in [0.3, 0.4) is 0 Å². The third kappa shape index (κ3) is 2.39. The molecule has 0 saturated carbocycles. The molecule has 20 heavy (non-hydrogen) atoms. The van der Waals surface area contributed by atoms with Gasteiger partial charge in [-0.3, -0.25) is 0 Å². The first-order valence-electron chi connectivity index (χ1n) is 6.19. The van der Waals surface area contributed by atoms with Crippen molar-refractivity contribution < 1.29 is 12.9 Å². The second-order valence-electron chi connectivity index (χ2n) is 4.70. The van der Waals surface area contributed by atoms with Gasteiger partial charge in [0.25, 0.3) is 10.0 Å². The molecule has 1 unspecified atom stereocenters. The normalized spacial score (nSPS) is 20.6. The van der Waals surface area contributed by atoms with Crippen LogP contribution >= 0.6 is 22.9 Å². The van der Waals surface area contributed by atoms with Crippen LogP contribution in [-0.2, 0) is 10.0 Å². The van der Waals surface area contributed by atoms with Crippen LogP contribution in [-0.4, -0.2) is 24.4 Å². The Hall–Kier alpha value is -0.890. The van der Waals surface area contributed by atoms with E-state index in [1.807, 2.05) is 6.92 Å². The molecule has 0 amide bonds. The van der Waals surface area contributed by atoms with Crippen molar-refractivity contribution in [2.45, 2.75) is 30.0 Å². The highest BCUT2D eigenvalue weighted by Gasteiger charge is 2.38. The number of hydrogen-bond acceptors (Lipinski definition) is 5. The molecule has 0 aromatic carbocycles. The Labute approximate surface area is 126 Å². The highest BCUT2D eigenvalue weighted by Crippen LogP contribution is 2.38. The van der Waals surface area contributed by atoms with E-state index in [4.69, 9.17) is 16.1 Å². The number of sulfonamides is 1. The summed E-state index contributed by atoms with van der Waals surface area (Å²) >= 11 is 6.91. The van der Waals surface area contributed by atoms with Gasteiger partial charge in [-0.15, -0.1) is 11.3 Å². The second kappa shape index (κ2) is 5.14. The summed E-state index contributed by atoms with van der Waals surface area (Å²) in [5, 5.41) is 3.84. The number of rotatable bonds is 3. The molecule has 3 heterocycles. The van der Waals surface area contributed by atoms with E-state index in [-0.39, 0.29) is 10.3 Å².